The van der Waals surface area contributed by atoms with Crippen LogP contribution in [0, 0.1) is 5.82 Å². The molecule has 0 saturated carbocycles. The minimum atomic E-state index is -0.341. The highest BCUT2D eigenvalue weighted by Gasteiger charge is 2.09. The predicted molar refractivity (Wildman–Crippen MR) is 81.2 cm³/mol. The smallest absolute Gasteiger partial charge is 0.247 e. The van der Waals surface area contributed by atoms with Gasteiger partial charge >= 0.3 is 0 Å². The fourth-order valence-electron chi connectivity index (χ4n) is 1.83. The maximum atomic E-state index is 13.7. The van der Waals surface area contributed by atoms with E-state index in [2.05, 4.69) is 31.4 Å². The maximum Gasteiger partial charge on any atom is 0.247 e. The average molecular weight is 348 g/mol. The topological polar surface area (TPSA) is 51.0 Å². The normalized spacial score (nSPS) is 10.6. The number of hydrogen-bond acceptors (Lipinski definition) is 4. The fourth-order valence-corrected chi connectivity index (χ4v) is 2.16. The Morgan fingerprint density at radius 3 is 2.67 bits per heavy atom. The van der Waals surface area contributed by atoms with E-state index in [0.717, 1.165) is 5.56 Å². The lowest BCUT2D eigenvalue weighted by Gasteiger charge is -2.04. The van der Waals surface area contributed by atoms with Crippen LogP contribution in [0.25, 0.3) is 11.5 Å². The summed E-state index contributed by atoms with van der Waals surface area (Å²) in [7, 11) is 0. The third-order valence-corrected chi connectivity index (χ3v) is 3.34. The maximum absolute atomic E-state index is 13.7. The summed E-state index contributed by atoms with van der Waals surface area (Å²) in [5.74, 6) is 0.507. The summed E-state index contributed by atoms with van der Waals surface area (Å²) in [6.07, 6.45) is 0. The first-order valence-electron chi connectivity index (χ1n) is 6.29. The molecule has 3 rings (SSSR count). The molecule has 0 aliphatic carbocycles. The molecule has 0 atom stereocenters. The van der Waals surface area contributed by atoms with Crippen LogP contribution in [0.1, 0.15) is 5.89 Å². The molecular formula is C15H11BrFN3O. The molecule has 21 heavy (non-hydrogen) atoms. The van der Waals surface area contributed by atoms with E-state index in [-0.39, 0.29) is 12.4 Å². The van der Waals surface area contributed by atoms with E-state index >= 15 is 0 Å². The number of hydrogen-bond donors (Lipinski definition) is 1. The number of nitrogens with one attached hydrogen (secondary N) is 1. The van der Waals surface area contributed by atoms with Gasteiger partial charge in [-0.25, -0.2) is 4.39 Å². The molecule has 0 unspecified atom stereocenters. The highest BCUT2D eigenvalue weighted by molar-refractivity contribution is 9.10. The summed E-state index contributed by atoms with van der Waals surface area (Å²) >= 11 is 3.21. The quantitative estimate of drug-likeness (QED) is 0.766. The second-order valence-corrected chi connectivity index (χ2v) is 5.26. The van der Waals surface area contributed by atoms with E-state index < -0.39 is 0 Å². The number of aromatic nitrogens is 2. The van der Waals surface area contributed by atoms with Gasteiger partial charge in [-0.2, -0.15) is 0 Å². The van der Waals surface area contributed by atoms with Gasteiger partial charge in [-0.15, -0.1) is 10.2 Å². The molecule has 0 spiro atoms. The Balaban J connectivity index is 1.70. The monoisotopic (exact) mass is 347 g/mol. The van der Waals surface area contributed by atoms with Crippen molar-refractivity contribution < 1.29 is 8.81 Å². The van der Waals surface area contributed by atoms with Crippen LogP contribution in [0.5, 0.6) is 0 Å². The molecule has 6 heteroatoms. The molecule has 0 amide bonds. The number of rotatable bonds is 4. The predicted octanol–water partition coefficient (Wildman–Crippen LogP) is 4.25. The highest BCUT2D eigenvalue weighted by Crippen LogP contribution is 2.21. The highest BCUT2D eigenvalue weighted by atomic mass is 79.9. The van der Waals surface area contributed by atoms with E-state index in [1.807, 2.05) is 30.3 Å². The van der Waals surface area contributed by atoms with Crippen LogP contribution in [-0.4, -0.2) is 10.2 Å². The van der Waals surface area contributed by atoms with Gasteiger partial charge in [0.1, 0.15) is 5.82 Å². The summed E-state index contributed by atoms with van der Waals surface area (Å²) in [6, 6.07) is 14.3. The van der Waals surface area contributed by atoms with Crippen molar-refractivity contribution >= 4 is 21.6 Å². The van der Waals surface area contributed by atoms with Gasteiger partial charge < -0.3 is 9.73 Å². The SMILES string of the molecule is Fc1cc(Br)ccc1NCc1nnc(-c2ccccc2)o1. The largest absolute Gasteiger partial charge is 0.419 e. The van der Waals surface area contributed by atoms with Gasteiger partial charge in [0.25, 0.3) is 0 Å². The minimum Gasteiger partial charge on any atom is -0.419 e. The van der Waals surface area contributed by atoms with Crippen molar-refractivity contribution in [2.75, 3.05) is 5.32 Å². The van der Waals surface area contributed by atoms with Crippen LogP contribution >= 0.6 is 15.9 Å². The standard InChI is InChI=1S/C15H11BrFN3O/c16-11-6-7-13(12(17)8-11)18-9-14-19-20-15(21-14)10-4-2-1-3-5-10/h1-8,18H,9H2. The van der Waals surface area contributed by atoms with Crippen molar-refractivity contribution in [2.24, 2.45) is 0 Å². The first-order chi connectivity index (χ1) is 10.2. The van der Waals surface area contributed by atoms with Crippen molar-refractivity contribution in [3.05, 3.63) is 64.7 Å². The lowest BCUT2D eigenvalue weighted by Crippen LogP contribution is -2.01. The van der Waals surface area contributed by atoms with Gasteiger partial charge in [0.15, 0.2) is 0 Å². The lowest BCUT2D eigenvalue weighted by atomic mass is 10.2. The first kappa shape index (κ1) is 13.8. The van der Waals surface area contributed by atoms with Crippen LogP contribution in [0.15, 0.2) is 57.4 Å². The van der Waals surface area contributed by atoms with Gasteiger partial charge in [0, 0.05) is 10.0 Å². The Hall–Kier alpha value is -2.21. The molecule has 4 nitrogen and oxygen atoms in total. The molecule has 2 aromatic carbocycles. The van der Waals surface area contributed by atoms with E-state index in [1.54, 1.807) is 12.1 Å². The Bertz CT molecular complexity index is 746. The first-order valence-corrected chi connectivity index (χ1v) is 7.08. The van der Waals surface area contributed by atoms with Crippen LogP contribution in [0.3, 0.4) is 0 Å². The van der Waals surface area contributed by atoms with E-state index in [4.69, 9.17) is 4.42 Å². The van der Waals surface area contributed by atoms with Crippen molar-refractivity contribution in [3.8, 4) is 11.5 Å². The number of halogens is 2. The second kappa shape index (κ2) is 6.05. The summed E-state index contributed by atoms with van der Waals surface area (Å²) < 4.78 is 19.9. The Kier molecular flexibility index (Phi) is 3.96. The van der Waals surface area contributed by atoms with E-state index in [1.165, 1.54) is 6.07 Å². The Morgan fingerprint density at radius 2 is 1.90 bits per heavy atom. The van der Waals surface area contributed by atoms with Crippen molar-refractivity contribution in [1.29, 1.82) is 0 Å². The molecule has 0 radical (unpaired) electrons. The minimum absolute atomic E-state index is 0.262. The Labute approximate surface area is 129 Å². The lowest BCUT2D eigenvalue weighted by molar-refractivity contribution is 0.514. The molecule has 1 heterocycles. The zero-order chi connectivity index (χ0) is 14.7. The second-order valence-electron chi connectivity index (χ2n) is 4.34. The van der Waals surface area contributed by atoms with E-state index in [9.17, 15) is 4.39 Å². The van der Waals surface area contributed by atoms with Crippen molar-refractivity contribution in [1.82, 2.24) is 10.2 Å². The molecule has 106 valence electrons. The Morgan fingerprint density at radius 1 is 1.10 bits per heavy atom. The van der Waals surface area contributed by atoms with Crippen LogP contribution in [0.2, 0.25) is 0 Å². The van der Waals surface area contributed by atoms with Crippen molar-refractivity contribution in [2.45, 2.75) is 6.54 Å². The summed E-state index contributed by atoms with van der Waals surface area (Å²) in [6.45, 7) is 0.262. The molecule has 1 aromatic heterocycles. The van der Waals surface area contributed by atoms with Crippen LogP contribution in [0.4, 0.5) is 10.1 Å². The molecule has 0 aliphatic heterocycles. The molecule has 3 aromatic rings. The zero-order valence-corrected chi connectivity index (χ0v) is 12.5. The fraction of sp³-hybridized carbons (Fsp3) is 0.0667. The van der Waals surface area contributed by atoms with Crippen molar-refractivity contribution in [3.63, 3.8) is 0 Å². The molecular weight excluding hydrogens is 337 g/mol. The molecule has 1 N–H and O–H groups in total. The summed E-state index contributed by atoms with van der Waals surface area (Å²) in [5, 5.41) is 10.9. The summed E-state index contributed by atoms with van der Waals surface area (Å²) in [5.41, 5.74) is 1.24. The van der Waals surface area contributed by atoms with Crippen LogP contribution in [-0.2, 0) is 6.54 Å². The number of benzene rings is 2. The molecule has 0 saturated heterocycles. The van der Waals surface area contributed by atoms with Gasteiger partial charge in [0.2, 0.25) is 11.8 Å². The third kappa shape index (κ3) is 3.28. The molecule has 0 bridgehead atoms. The molecule has 0 fully saturated rings. The third-order valence-electron chi connectivity index (χ3n) is 2.85. The van der Waals surface area contributed by atoms with Gasteiger partial charge in [0.05, 0.1) is 12.2 Å². The zero-order valence-electron chi connectivity index (χ0n) is 10.9. The summed E-state index contributed by atoms with van der Waals surface area (Å²) in [4.78, 5) is 0. The number of anilines is 1. The average Bonchev–Trinajstić information content (AvgIpc) is 2.96. The van der Waals surface area contributed by atoms with Gasteiger partial charge in [-0.1, -0.05) is 34.1 Å². The van der Waals surface area contributed by atoms with Gasteiger partial charge in [-0.05, 0) is 30.3 Å². The van der Waals surface area contributed by atoms with Crippen LogP contribution < -0.4 is 5.32 Å². The van der Waals surface area contributed by atoms with Gasteiger partial charge in [-0.3, -0.25) is 0 Å². The number of nitrogens with zero attached hydrogens (tertiary/aromatic N) is 2. The van der Waals surface area contributed by atoms with E-state index in [0.29, 0.717) is 21.9 Å². The molecule has 0 aliphatic rings.